The molecule has 6 nitrogen and oxygen atoms in total. The Morgan fingerprint density at radius 1 is 1.32 bits per heavy atom. The summed E-state index contributed by atoms with van der Waals surface area (Å²) in [6, 6.07) is 1.26. The van der Waals surface area contributed by atoms with Crippen molar-refractivity contribution in [2.45, 2.75) is 26.1 Å². The van der Waals surface area contributed by atoms with Crippen LogP contribution >= 0.6 is 0 Å². The van der Waals surface area contributed by atoms with Crippen molar-refractivity contribution < 1.29 is 13.2 Å². The van der Waals surface area contributed by atoms with Gasteiger partial charge < -0.3 is 5.73 Å². The molecule has 2 aromatic rings. The summed E-state index contributed by atoms with van der Waals surface area (Å²) in [7, 11) is 0. The van der Waals surface area contributed by atoms with Crippen molar-refractivity contribution in [2.75, 3.05) is 5.73 Å². The van der Waals surface area contributed by atoms with Crippen LogP contribution in [-0.4, -0.2) is 25.0 Å². The maximum Gasteiger partial charge on any atom is 0.451 e. The molecule has 2 aromatic heterocycles. The second kappa shape index (κ2) is 4.82. The zero-order valence-corrected chi connectivity index (χ0v) is 10.0. The van der Waals surface area contributed by atoms with E-state index < -0.39 is 12.0 Å². The summed E-state index contributed by atoms with van der Waals surface area (Å²) in [4.78, 5) is 6.66. The highest BCUT2D eigenvalue weighted by Gasteiger charge is 2.35. The van der Waals surface area contributed by atoms with Crippen LogP contribution in [0.15, 0.2) is 12.3 Å². The molecule has 0 bridgehead atoms. The maximum atomic E-state index is 12.6. The highest BCUT2D eigenvalue weighted by molar-refractivity contribution is 5.57. The van der Waals surface area contributed by atoms with Gasteiger partial charge >= 0.3 is 6.18 Å². The van der Waals surface area contributed by atoms with Gasteiger partial charge in [0.1, 0.15) is 11.5 Å². The number of nitrogens with zero attached hydrogens (tertiary/aromatic N) is 5. The van der Waals surface area contributed by atoms with E-state index in [2.05, 4.69) is 20.3 Å². The molecule has 2 N–H and O–H groups in total. The van der Waals surface area contributed by atoms with Gasteiger partial charge in [-0.1, -0.05) is 12.1 Å². The van der Waals surface area contributed by atoms with Crippen LogP contribution in [0.5, 0.6) is 0 Å². The lowest BCUT2D eigenvalue weighted by Gasteiger charge is -2.09. The molecule has 0 aromatic carbocycles. The SMILES string of the molecule is CCCn1nncc1-c1cc(N)nc(C(F)(F)F)n1. The standard InChI is InChI=1S/C10H11F3N6/c1-2-3-19-7(5-15-18-19)6-4-8(14)17-9(16-6)10(11,12)13/h4-5H,2-3H2,1H3,(H2,14,16,17). The predicted octanol–water partition coefficient (Wildman–Crippen LogP) is 1.75. The first-order chi connectivity index (χ1) is 8.91. The molecule has 0 saturated carbocycles. The van der Waals surface area contributed by atoms with Crippen LogP contribution in [0.1, 0.15) is 19.2 Å². The molecule has 102 valence electrons. The van der Waals surface area contributed by atoms with Gasteiger partial charge in [0.05, 0.1) is 11.9 Å². The van der Waals surface area contributed by atoms with E-state index in [1.807, 2.05) is 6.92 Å². The fourth-order valence-corrected chi connectivity index (χ4v) is 1.56. The summed E-state index contributed by atoms with van der Waals surface area (Å²) in [6.07, 6.45) is -2.53. The predicted molar refractivity (Wildman–Crippen MR) is 60.8 cm³/mol. The number of hydrogen-bond acceptors (Lipinski definition) is 5. The topological polar surface area (TPSA) is 82.5 Å². The summed E-state index contributed by atoms with van der Waals surface area (Å²) in [6.45, 7) is 2.45. The van der Waals surface area contributed by atoms with Crippen LogP contribution in [-0.2, 0) is 12.7 Å². The molecule has 0 atom stereocenters. The van der Waals surface area contributed by atoms with E-state index in [-0.39, 0.29) is 11.5 Å². The van der Waals surface area contributed by atoms with Gasteiger partial charge in [-0.25, -0.2) is 14.6 Å². The molecular formula is C10H11F3N6. The molecule has 0 amide bonds. The number of rotatable bonds is 3. The van der Waals surface area contributed by atoms with Gasteiger partial charge in [0.2, 0.25) is 5.82 Å². The zero-order chi connectivity index (χ0) is 14.0. The molecule has 0 aliphatic carbocycles. The second-order valence-corrected chi connectivity index (χ2v) is 3.84. The number of anilines is 1. The van der Waals surface area contributed by atoms with Crippen LogP contribution in [0.25, 0.3) is 11.4 Å². The lowest BCUT2D eigenvalue weighted by atomic mass is 10.3. The van der Waals surface area contributed by atoms with Gasteiger partial charge in [-0.3, -0.25) is 0 Å². The molecule has 19 heavy (non-hydrogen) atoms. The molecular weight excluding hydrogens is 261 g/mol. The van der Waals surface area contributed by atoms with Crippen LogP contribution in [0, 0.1) is 0 Å². The van der Waals surface area contributed by atoms with Gasteiger partial charge in [-0.2, -0.15) is 13.2 Å². The Labute approximate surface area is 106 Å². The van der Waals surface area contributed by atoms with Crippen LogP contribution < -0.4 is 5.73 Å². The minimum absolute atomic E-state index is 0.0540. The fourth-order valence-electron chi connectivity index (χ4n) is 1.56. The molecule has 9 heteroatoms. The lowest BCUT2D eigenvalue weighted by molar-refractivity contribution is -0.144. The van der Waals surface area contributed by atoms with Gasteiger partial charge in [-0.05, 0) is 6.42 Å². The highest BCUT2D eigenvalue weighted by Crippen LogP contribution is 2.28. The van der Waals surface area contributed by atoms with E-state index in [1.54, 1.807) is 0 Å². The minimum Gasteiger partial charge on any atom is -0.384 e. The van der Waals surface area contributed by atoms with Crippen molar-refractivity contribution in [1.29, 1.82) is 0 Å². The van der Waals surface area contributed by atoms with E-state index in [4.69, 9.17) is 5.73 Å². The Kier molecular flexibility index (Phi) is 3.36. The van der Waals surface area contributed by atoms with Gasteiger partial charge in [0.15, 0.2) is 0 Å². The smallest absolute Gasteiger partial charge is 0.384 e. The highest BCUT2D eigenvalue weighted by atomic mass is 19.4. The monoisotopic (exact) mass is 272 g/mol. The first-order valence-corrected chi connectivity index (χ1v) is 5.52. The average Bonchev–Trinajstić information content (AvgIpc) is 2.76. The fraction of sp³-hybridized carbons (Fsp3) is 0.400. The summed E-state index contributed by atoms with van der Waals surface area (Å²) < 4.78 is 39.3. The Hall–Kier alpha value is -2.19. The molecule has 2 heterocycles. The first-order valence-electron chi connectivity index (χ1n) is 5.52. The van der Waals surface area contributed by atoms with Crippen molar-refractivity contribution >= 4 is 5.82 Å². The van der Waals surface area contributed by atoms with E-state index >= 15 is 0 Å². The first kappa shape index (κ1) is 13.2. The third kappa shape index (κ3) is 2.80. The third-order valence-electron chi connectivity index (χ3n) is 2.32. The molecule has 0 aliphatic rings. The van der Waals surface area contributed by atoms with Crippen LogP contribution in [0.3, 0.4) is 0 Å². The molecule has 0 fully saturated rings. The maximum absolute atomic E-state index is 12.6. The van der Waals surface area contributed by atoms with E-state index in [0.29, 0.717) is 12.2 Å². The van der Waals surface area contributed by atoms with Crippen molar-refractivity contribution in [3.05, 3.63) is 18.1 Å². The van der Waals surface area contributed by atoms with E-state index in [9.17, 15) is 13.2 Å². The Bertz CT molecular complexity index is 577. The summed E-state index contributed by atoms with van der Waals surface area (Å²) in [5.74, 6) is -1.52. The number of halogens is 3. The number of aryl methyl sites for hydroxylation is 1. The largest absolute Gasteiger partial charge is 0.451 e. The van der Waals surface area contributed by atoms with Crippen molar-refractivity contribution in [2.24, 2.45) is 0 Å². The molecule has 0 saturated heterocycles. The lowest BCUT2D eigenvalue weighted by Crippen LogP contribution is -2.13. The van der Waals surface area contributed by atoms with Crippen molar-refractivity contribution in [1.82, 2.24) is 25.0 Å². The zero-order valence-electron chi connectivity index (χ0n) is 10.0. The molecule has 0 unspecified atom stereocenters. The summed E-state index contributed by atoms with van der Waals surface area (Å²) in [5.41, 5.74) is 5.82. The van der Waals surface area contributed by atoms with Gasteiger partial charge in [0, 0.05) is 12.6 Å². The van der Waals surface area contributed by atoms with Gasteiger partial charge in [-0.15, -0.1) is 5.10 Å². The van der Waals surface area contributed by atoms with Crippen LogP contribution in [0.4, 0.5) is 19.0 Å². The Morgan fingerprint density at radius 3 is 2.68 bits per heavy atom. The van der Waals surface area contributed by atoms with Crippen molar-refractivity contribution in [3.8, 4) is 11.4 Å². The van der Waals surface area contributed by atoms with Gasteiger partial charge in [0.25, 0.3) is 0 Å². The number of aromatic nitrogens is 5. The van der Waals surface area contributed by atoms with Crippen LogP contribution in [0.2, 0.25) is 0 Å². The minimum atomic E-state index is -4.65. The van der Waals surface area contributed by atoms with E-state index in [0.717, 1.165) is 6.42 Å². The normalized spacial score (nSPS) is 11.8. The summed E-state index contributed by atoms with van der Waals surface area (Å²) >= 11 is 0. The molecule has 0 spiro atoms. The molecule has 2 rings (SSSR count). The number of hydrogen-bond donors (Lipinski definition) is 1. The average molecular weight is 272 g/mol. The third-order valence-corrected chi connectivity index (χ3v) is 2.32. The number of alkyl halides is 3. The van der Waals surface area contributed by atoms with Crippen molar-refractivity contribution in [3.63, 3.8) is 0 Å². The number of nitrogen functional groups attached to an aromatic ring is 1. The second-order valence-electron chi connectivity index (χ2n) is 3.84. The Morgan fingerprint density at radius 2 is 2.05 bits per heavy atom. The van der Waals surface area contributed by atoms with E-state index in [1.165, 1.54) is 16.9 Å². The number of nitrogens with two attached hydrogens (primary N) is 1. The summed E-state index contributed by atoms with van der Waals surface area (Å²) in [5, 5.41) is 7.46. The molecule has 0 radical (unpaired) electrons. The Balaban J connectivity index is 2.50. The molecule has 0 aliphatic heterocycles. The quantitative estimate of drug-likeness (QED) is 0.920.